The van der Waals surface area contributed by atoms with Crippen LogP contribution < -0.4 is 22.9 Å². The summed E-state index contributed by atoms with van der Waals surface area (Å²) in [4.78, 5) is 0. The maximum atomic E-state index is 6.32. The van der Waals surface area contributed by atoms with E-state index < -0.39 is 0 Å². The predicted molar refractivity (Wildman–Crippen MR) is 134 cm³/mol. The van der Waals surface area contributed by atoms with E-state index in [0.29, 0.717) is 22.7 Å². The van der Waals surface area contributed by atoms with Crippen LogP contribution in [-0.4, -0.2) is 0 Å². The first kappa shape index (κ1) is 20.4. The van der Waals surface area contributed by atoms with Crippen molar-refractivity contribution in [2.45, 2.75) is 19.3 Å². The van der Waals surface area contributed by atoms with Gasteiger partial charge in [0.15, 0.2) is 0 Å². The summed E-state index contributed by atoms with van der Waals surface area (Å²) in [7, 11) is 0. The van der Waals surface area contributed by atoms with Crippen LogP contribution in [0.25, 0.3) is 22.3 Å². The minimum atomic E-state index is -0.294. The third kappa shape index (κ3) is 3.68. The summed E-state index contributed by atoms with van der Waals surface area (Å²) in [5, 5.41) is 0. The van der Waals surface area contributed by atoms with Crippen molar-refractivity contribution in [1.82, 2.24) is 0 Å². The molecule has 4 aromatic rings. The van der Waals surface area contributed by atoms with Gasteiger partial charge in [0.1, 0.15) is 0 Å². The lowest BCUT2D eigenvalue weighted by molar-refractivity contribution is 0.641. The molecule has 0 aliphatic heterocycles. The molecule has 0 unspecified atom stereocenters. The summed E-state index contributed by atoms with van der Waals surface area (Å²) < 4.78 is 0. The molecule has 0 aliphatic carbocycles. The highest BCUT2D eigenvalue weighted by Gasteiger charge is 2.25. The maximum Gasteiger partial charge on any atom is 0.0394 e. The molecule has 0 spiro atoms. The van der Waals surface area contributed by atoms with E-state index in [2.05, 4.69) is 38.1 Å². The topological polar surface area (TPSA) is 104 Å². The summed E-state index contributed by atoms with van der Waals surface area (Å²) >= 11 is 0. The molecule has 0 atom stereocenters. The van der Waals surface area contributed by atoms with E-state index in [0.717, 1.165) is 33.4 Å². The van der Waals surface area contributed by atoms with E-state index in [1.54, 1.807) is 0 Å². The summed E-state index contributed by atoms with van der Waals surface area (Å²) in [5.74, 6) is 0. The van der Waals surface area contributed by atoms with Gasteiger partial charge in [0.2, 0.25) is 0 Å². The molecule has 4 heteroatoms. The van der Waals surface area contributed by atoms with E-state index in [4.69, 9.17) is 22.9 Å². The van der Waals surface area contributed by atoms with Crippen LogP contribution in [0, 0.1) is 0 Å². The monoisotopic (exact) mass is 408 g/mol. The Morgan fingerprint density at radius 2 is 0.806 bits per heavy atom. The van der Waals surface area contributed by atoms with Gasteiger partial charge in [0.25, 0.3) is 0 Å². The molecule has 0 amide bonds. The van der Waals surface area contributed by atoms with Gasteiger partial charge in [-0.25, -0.2) is 0 Å². The van der Waals surface area contributed by atoms with Gasteiger partial charge in [0, 0.05) is 50.4 Å². The van der Waals surface area contributed by atoms with E-state index in [-0.39, 0.29) is 5.41 Å². The number of nitrogens with two attached hydrogens (primary N) is 4. The van der Waals surface area contributed by atoms with Crippen molar-refractivity contribution in [3.63, 3.8) is 0 Å². The molecule has 8 N–H and O–H groups in total. The van der Waals surface area contributed by atoms with Gasteiger partial charge in [-0.1, -0.05) is 62.4 Å². The van der Waals surface area contributed by atoms with Crippen molar-refractivity contribution in [1.29, 1.82) is 0 Å². The summed E-state index contributed by atoms with van der Waals surface area (Å²) in [5.41, 5.74) is 33.6. The normalized spacial score (nSPS) is 11.4. The van der Waals surface area contributed by atoms with Gasteiger partial charge in [-0.05, 0) is 47.5 Å². The van der Waals surface area contributed by atoms with Crippen molar-refractivity contribution < 1.29 is 0 Å². The number of rotatable bonds is 4. The van der Waals surface area contributed by atoms with Crippen LogP contribution in [0.4, 0.5) is 22.7 Å². The Hall–Kier alpha value is -3.92. The van der Waals surface area contributed by atoms with Gasteiger partial charge in [0.05, 0.1) is 0 Å². The Labute approximate surface area is 183 Å². The first-order chi connectivity index (χ1) is 14.8. The molecule has 4 aromatic carbocycles. The standard InChI is InChI=1S/C27H28N4/c1-27(2,17-11-13-25(30)21(15-17)19-7-3-5-9-23(19)28)18-12-14-26(31)22(16-18)20-8-4-6-10-24(20)29/h3-16H,28-31H2,1-2H3. The zero-order chi connectivity index (χ0) is 22.2. The minimum absolute atomic E-state index is 0.294. The fraction of sp³-hybridized carbons (Fsp3) is 0.111. The fourth-order valence-electron chi connectivity index (χ4n) is 4.01. The zero-order valence-electron chi connectivity index (χ0n) is 17.9. The Balaban J connectivity index is 1.83. The Morgan fingerprint density at radius 3 is 1.19 bits per heavy atom. The Bertz CT molecular complexity index is 1160. The first-order valence-electron chi connectivity index (χ1n) is 10.3. The summed E-state index contributed by atoms with van der Waals surface area (Å²) in [6.45, 7) is 4.39. The molecule has 4 rings (SSSR count). The van der Waals surface area contributed by atoms with Crippen LogP contribution in [-0.2, 0) is 5.41 Å². The average Bonchev–Trinajstić information content (AvgIpc) is 2.75. The molecule has 0 saturated heterocycles. The number of para-hydroxylation sites is 2. The van der Waals surface area contributed by atoms with Gasteiger partial charge in [-0.3, -0.25) is 0 Å². The third-order valence-corrected chi connectivity index (χ3v) is 6.05. The number of nitrogen functional groups attached to an aromatic ring is 4. The smallest absolute Gasteiger partial charge is 0.0394 e. The second kappa shape index (κ2) is 7.73. The van der Waals surface area contributed by atoms with Crippen molar-refractivity contribution in [2.75, 3.05) is 22.9 Å². The number of anilines is 4. The zero-order valence-corrected chi connectivity index (χ0v) is 17.9. The van der Waals surface area contributed by atoms with Crippen molar-refractivity contribution >= 4 is 22.7 Å². The van der Waals surface area contributed by atoms with Crippen LogP contribution in [0.5, 0.6) is 0 Å². The van der Waals surface area contributed by atoms with E-state index in [9.17, 15) is 0 Å². The van der Waals surface area contributed by atoms with Crippen molar-refractivity contribution in [3.8, 4) is 22.3 Å². The molecule has 0 fully saturated rings. The van der Waals surface area contributed by atoms with Crippen molar-refractivity contribution in [3.05, 3.63) is 96.1 Å². The average molecular weight is 409 g/mol. The quantitative estimate of drug-likeness (QED) is 0.326. The van der Waals surface area contributed by atoms with Crippen LogP contribution in [0.2, 0.25) is 0 Å². The Kier molecular flexibility index (Phi) is 5.07. The molecule has 4 nitrogen and oxygen atoms in total. The number of benzene rings is 4. The molecule has 156 valence electrons. The molecule has 31 heavy (non-hydrogen) atoms. The van der Waals surface area contributed by atoms with E-state index >= 15 is 0 Å². The second-order valence-electron chi connectivity index (χ2n) is 8.40. The van der Waals surface area contributed by atoms with Gasteiger partial charge in [-0.15, -0.1) is 0 Å². The molecule has 0 bridgehead atoms. The highest BCUT2D eigenvalue weighted by atomic mass is 14.6. The molecule has 0 heterocycles. The highest BCUT2D eigenvalue weighted by Crippen LogP contribution is 2.40. The molecular formula is C27H28N4. The first-order valence-corrected chi connectivity index (χ1v) is 10.3. The molecule has 0 aliphatic rings. The fourth-order valence-corrected chi connectivity index (χ4v) is 4.01. The predicted octanol–water partition coefficient (Wildman–Crippen LogP) is 5.68. The second-order valence-corrected chi connectivity index (χ2v) is 8.40. The molecule has 0 aromatic heterocycles. The maximum absolute atomic E-state index is 6.32. The lowest BCUT2D eigenvalue weighted by atomic mass is 9.76. The van der Waals surface area contributed by atoms with Gasteiger partial charge in [-0.2, -0.15) is 0 Å². The van der Waals surface area contributed by atoms with Crippen molar-refractivity contribution in [2.24, 2.45) is 0 Å². The minimum Gasteiger partial charge on any atom is -0.398 e. The van der Waals surface area contributed by atoms with Crippen LogP contribution in [0.3, 0.4) is 0 Å². The van der Waals surface area contributed by atoms with E-state index in [1.165, 1.54) is 0 Å². The van der Waals surface area contributed by atoms with Gasteiger partial charge < -0.3 is 22.9 Å². The summed E-state index contributed by atoms with van der Waals surface area (Å²) in [6, 6.07) is 27.9. The molecule has 0 saturated carbocycles. The van der Waals surface area contributed by atoms with E-state index in [1.807, 2.05) is 60.7 Å². The molecule has 0 radical (unpaired) electrons. The SMILES string of the molecule is CC(C)(c1ccc(N)c(-c2ccccc2N)c1)c1ccc(N)c(-c2ccccc2N)c1. The number of hydrogen-bond donors (Lipinski definition) is 4. The van der Waals surface area contributed by atoms with Gasteiger partial charge >= 0.3 is 0 Å². The van der Waals surface area contributed by atoms with Crippen LogP contribution in [0.1, 0.15) is 25.0 Å². The lowest BCUT2D eigenvalue weighted by Gasteiger charge is -2.28. The lowest BCUT2D eigenvalue weighted by Crippen LogP contribution is -2.19. The van der Waals surface area contributed by atoms with Crippen LogP contribution in [0.15, 0.2) is 84.9 Å². The third-order valence-electron chi connectivity index (χ3n) is 6.05. The number of hydrogen-bond acceptors (Lipinski definition) is 4. The Morgan fingerprint density at radius 1 is 0.452 bits per heavy atom. The van der Waals surface area contributed by atoms with Crippen LogP contribution >= 0.6 is 0 Å². The highest BCUT2D eigenvalue weighted by molar-refractivity contribution is 5.86. The largest absolute Gasteiger partial charge is 0.398 e. The summed E-state index contributed by atoms with van der Waals surface area (Å²) in [6.07, 6.45) is 0. The molecular weight excluding hydrogens is 380 g/mol.